The van der Waals surface area contributed by atoms with Crippen molar-refractivity contribution in [2.75, 3.05) is 5.75 Å². The van der Waals surface area contributed by atoms with Gasteiger partial charge in [0.1, 0.15) is 0 Å². The second-order valence-corrected chi connectivity index (χ2v) is 6.87. The molecule has 0 saturated carbocycles. The fourth-order valence-electron chi connectivity index (χ4n) is 2.37. The number of alkyl halides is 3. The Morgan fingerprint density at radius 1 is 1.11 bits per heavy atom. The van der Waals surface area contributed by atoms with Gasteiger partial charge in [-0.3, -0.25) is 4.79 Å². The number of benzene rings is 2. The van der Waals surface area contributed by atoms with E-state index >= 15 is 0 Å². The Morgan fingerprint density at radius 3 is 2.59 bits per heavy atom. The smallest absolute Gasteiger partial charge is 0.293 e. The summed E-state index contributed by atoms with van der Waals surface area (Å²) in [7, 11) is 0. The standard InChI is InChI=1S/C18H15F3N4OS/c1-11-6-7-15(8-12(11)2)25-17(22-23-24-25)27-10-16(26)13-4-3-5-14(9-13)18(19,20)21/h3-9H,10H2,1-2H3. The van der Waals surface area contributed by atoms with Gasteiger partial charge in [-0.2, -0.15) is 17.9 Å². The number of Topliss-reactive ketones (excluding diaryl/α,β-unsaturated/α-hetero) is 1. The van der Waals surface area contributed by atoms with Crippen LogP contribution in [0.1, 0.15) is 27.0 Å². The second kappa shape index (κ2) is 7.51. The zero-order valence-corrected chi connectivity index (χ0v) is 15.3. The Morgan fingerprint density at radius 2 is 1.89 bits per heavy atom. The van der Waals surface area contributed by atoms with Crippen LogP contribution >= 0.6 is 11.8 Å². The van der Waals surface area contributed by atoms with Gasteiger partial charge >= 0.3 is 6.18 Å². The van der Waals surface area contributed by atoms with Crippen molar-refractivity contribution >= 4 is 17.5 Å². The molecule has 0 radical (unpaired) electrons. The molecule has 0 aliphatic heterocycles. The predicted molar refractivity (Wildman–Crippen MR) is 95.1 cm³/mol. The first-order chi connectivity index (χ1) is 12.8. The van der Waals surface area contributed by atoms with E-state index in [1.165, 1.54) is 16.8 Å². The largest absolute Gasteiger partial charge is 0.416 e. The number of rotatable bonds is 5. The van der Waals surface area contributed by atoms with Gasteiger partial charge in [0, 0.05) is 5.56 Å². The molecular weight excluding hydrogens is 377 g/mol. The van der Waals surface area contributed by atoms with Gasteiger partial charge in [0.25, 0.3) is 0 Å². The zero-order valence-electron chi connectivity index (χ0n) is 14.5. The van der Waals surface area contributed by atoms with Gasteiger partial charge in [-0.1, -0.05) is 30.0 Å². The van der Waals surface area contributed by atoms with E-state index in [9.17, 15) is 18.0 Å². The van der Waals surface area contributed by atoms with E-state index in [2.05, 4.69) is 15.5 Å². The number of hydrogen-bond acceptors (Lipinski definition) is 5. The Hall–Kier alpha value is -2.68. The molecule has 1 heterocycles. The number of carbonyl (C=O) groups excluding carboxylic acids is 1. The summed E-state index contributed by atoms with van der Waals surface area (Å²) in [5, 5.41) is 11.8. The molecule has 0 aliphatic rings. The molecule has 140 valence electrons. The topological polar surface area (TPSA) is 60.7 Å². The lowest BCUT2D eigenvalue weighted by atomic mass is 10.1. The number of nitrogens with zero attached hydrogens (tertiary/aromatic N) is 4. The van der Waals surface area contributed by atoms with Gasteiger partial charge in [-0.25, -0.2) is 0 Å². The molecule has 0 fully saturated rings. The summed E-state index contributed by atoms with van der Waals surface area (Å²) in [4.78, 5) is 12.3. The maximum atomic E-state index is 12.8. The first-order valence-electron chi connectivity index (χ1n) is 7.95. The summed E-state index contributed by atoms with van der Waals surface area (Å²) in [5.74, 6) is -0.507. The average Bonchev–Trinajstić information content (AvgIpc) is 3.10. The number of aryl methyl sites for hydroxylation is 2. The summed E-state index contributed by atoms with van der Waals surface area (Å²) >= 11 is 1.07. The molecule has 0 N–H and O–H groups in total. The van der Waals surface area contributed by atoms with E-state index in [1.54, 1.807) is 0 Å². The summed E-state index contributed by atoms with van der Waals surface area (Å²) < 4.78 is 39.9. The van der Waals surface area contributed by atoms with Crippen LogP contribution in [-0.2, 0) is 6.18 Å². The first kappa shape index (κ1) is 19.1. The molecule has 0 spiro atoms. The van der Waals surface area contributed by atoms with Crippen LogP contribution in [0, 0.1) is 13.8 Å². The average molecular weight is 392 g/mol. The highest BCUT2D eigenvalue weighted by Gasteiger charge is 2.30. The van der Waals surface area contributed by atoms with E-state index < -0.39 is 17.5 Å². The van der Waals surface area contributed by atoms with Gasteiger partial charge in [0.15, 0.2) is 5.78 Å². The summed E-state index contributed by atoms with van der Waals surface area (Å²) in [6.45, 7) is 3.95. The summed E-state index contributed by atoms with van der Waals surface area (Å²) in [6, 6.07) is 10.1. The van der Waals surface area contributed by atoms with Crippen LogP contribution in [0.4, 0.5) is 13.2 Å². The predicted octanol–water partition coefficient (Wildman–Crippen LogP) is 4.27. The molecule has 0 bridgehead atoms. The SMILES string of the molecule is Cc1ccc(-n2nnnc2SCC(=O)c2cccc(C(F)(F)F)c2)cc1C. The van der Waals surface area contributed by atoms with Crippen LogP contribution in [0.5, 0.6) is 0 Å². The molecule has 0 unspecified atom stereocenters. The second-order valence-electron chi connectivity index (χ2n) is 5.93. The van der Waals surface area contributed by atoms with Gasteiger partial charge in [-0.15, -0.1) is 5.10 Å². The Bertz CT molecular complexity index is 985. The van der Waals surface area contributed by atoms with Crippen molar-refractivity contribution < 1.29 is 18.0 Å². The zero-order chi connectivity index (χ0) is 19.6. The Labute approximate surface area is 157 Å². The van der Waals surface area contributed by atoms with Crippen LogP contribution in [0.3, 0.4) is 0 Å². The monoisotopic (exact) mass is 392 g/mol. The molecule has 5 nitrogen and oxygen atoms in total. The molecular formula is C18H15F3N4OS. The Kier molecular flexibility index (Phi) is 5.31. The number of tetrazole rings is 1. The van der Waals surface area contributed by atoms with E-state index in [0.717, 1.165) is 40.7 Å². The van der Waals surface area contributed by atoms with Crippen LogP contribution in [0.15, 0.2) is 47.6 Å². The van der Waals surface area contributed by atoms with Crippen molar-refractivity contribution in [2.24, 2.45) is 0 Å². The number of carbonyl (C=O) groups is 1. The minimum atomic E-state index is -4.49. The third kappa shape index (κ3) is 4.36. The van der Waals surface area contributed by atoms with Crippen molar-refractivity contribution in [3.8, 4) is 5.69 Å². The number of thioether (sulfide) groups is 1. The summed E-state index contributed by atoms with van der Waals surface area (Å²) in [6.07, 6.45) is -4.49. The Balaban J connectivity index is 1.76. The van der Waals surface area contributed by atoms with Gasteiger partial charge in [-0.05, 0) is 59.7 Å². The molecule has 2 aromatic carbocycles. The minimum absolute atomic E-state index is 0.00234. The van der Waals surface area contributed by atoms with Gasteiger partial charge < -0.3 is 0 Å². The lowest BCUT2D eigenvalue weighted by molar-refractivity contribution is -0.137. The molecule has 3 rings (SSSR count). The minimum Gasteiger partial charge on any atom is -0.293 e. The number of aromatic nitrogens is 4. The van der Waals surface area contributed by atoms with Crippen molar-refractivity contribution in [3.05, 3.63) is 64.7 Å². The normalized spacial score (nSPS) is 11.6. The lowest BCUT2D eigenvalue weighted by Gasteiger charge is -2.08. The van der Waals surface area contributed by atoms with E-state index in [0.29, 0.717) is 5.16 Å². The third-order valence-corrected chi connectivity index (χ3v) is 4.94. The maximum absolute atomic E-state index is 12.8. The van der Waals surface area contributed by atoms with Crippen molar-refractivity contribution in [3.63, 3.8) is 0 Å². The number of halogens is 3. The third-order valence-electron chi connectivity index (χ3n) is 4.02. The highest BCUT2D eigenvalue weighted by Crippen LogP contribution is 2.30. The van der Waals surface area contributed by atoms with Crippen LogP contribution in [0.25, 0.3) is 5.69 Å². The molecule has 0 aliphatic carbocycles. The van der Waals surface area contributed by atoms with Crippen molar-refractivity contribution in [1.29, 1.82) is 0 Å². The highest BCUT2D eigenvalue weighted by molar-refractivity contribution is 7.99. The lowest BCUT2D eigenvalue weighted by Crippen LogP contribution is -2.09. The molecule has 27 heavy (non-hydrogen) atoms. The fraction of sp³-hybridized carbons (Fsp3) is 0.222. The van der Waals surface area contributed by atoms with E-state index in [-0.39, 0.29) is 11.3 Å². The van der Waals surface area contributed by atoms with Crippen LogP contribution < -0.4 is 0 Å². The molecule has 3 aromatic rings. The highest BCUT2D eigenvalue weighted by atomic mass is 32.2. The van der Waals surface area contributed by atoms with Crippen molar-refractivity contribution in [1.82, 2.24) is 20.2 Å². The molecule has 9 heteroatoms. The number of ketones is 1. The van der Waals surface area contributed by atoms with Crippen LogP contribution in [-0.4, -0.2) is 31.7 Å². The first-order valence-corrected chi connectivity index (χ1v) is 8.93. The molecule has 0 atom stereocenters. The molecule has 1 aromatic heterocycles. The van der Waals surface area contributed by atoms with Crippen LogP contribution in [0.2, 0.25) is 0 Å². The fourth-order valence-corrected chi connectivity index (χ4v) is 3.16. The van der Waals surface area contributed by atoms with Crippen molar-refractivity contribution in [2.45, 2.75) is 25.2 Å². The van der Waals surface area contributed by atoms with E-state index in [4.69, 9.17) is 0 Å². The van der Waals surface area contributed by atoms with Gasteiger partial charge in [0.05, 0.1) is 17.0 Å². The molecule has 0 amide bonds. The summed E-state index contributed by atoms with van der Waals surface area (Å²) in [5.41, 5.74) is 2.10. The van der Waals surface area contributed by atoms with E-state index in [1.807, 2.05) is 32.0 Å². The quantitative estimate of drug-likeness (QED) is 0.479. The molecule has 0 saturated heterocycles. The number of hydrogen-bond donors (Lipinski definition) is 0. The maximum Gasteiger partial charge on any atom is 0.416 e. The van der Waals surface area contributed by atoms with Gasteiger partial charge in [0.2, 0.25) is 5.16 Å².